The Balaban J connectivity index is 1.42. The third-order valence-corrected chi connectivity index (χ3v) is 4.86. The van der Waals surface area contributed by atoms with Crippen LogP contribution in [0.1, 0.15) is 23.7 Å². The number of nitrogens with one attached hydrogen (secondary N) is 1. The molecule has 3 heterocycles. The van der Waals surface area contributed by atoms with E-state index in [0.717, 1.165) is 26.1 Å². The maximum atomic E-state index is 9.20. The number of benzene rings is 1. The smallest absolute Gasteiger partial charge is 0.144 e. The molecule has 0 spiro atoms. The Morgan fingerprint density at radius 2 is 2.04 bits per heavy atom. The first-order chi connectivity index (χ1) is 11.8. The van der Waals surface area contributed by atoms with Crippen LogP contribution in [0.15, 0.2) is 48.7 Å². The van der Waals surface area contributed by atoms with Gasteiger partial charge < -0.3 is 10.1 Å². The quantitative estimate of drug-likeness (QED) is 0.942. The largest absolute Gasteiger partial charge is 0.371 e. The molecule has 122 valence electrons. The molecule has 24 heavy (non-hydrogen) atoms. The van der Waals surface area contributed by atoms with E-state index in [9.17, 15) is 5.26 Å². The molecule has 1 aromatic heterocycles. The molecule has 0 amide bonds. The summed E-state index contributed by atoms with van der Waals surface area (Å²) >= 11 is 0. The van der Waals surface area contributed by atoms with Crippen LogP contribution in [0.2, 0.25) is 0 Å². The fourth-order valence-corrected chi connectivity index (χ4v) is 3.65. The second-order valence-electron chi connectivity index (χ2n) is 6.43. The first-order valence-corrected chi connectivity index (χ1v) is 8.36. The Morgan fingerprint density at radius 3 is 2.88 bits per heavy atom. The van der Waals surface area contributed by atoms with Gasteiger partial charge in [0.1, 0.15) is 11.9 Å². The second-order valence-corrected chi connectivity index (χ2v) is 6.43. The summed E-state index contributed by atoms with van der Waals surface area (Å²) in [6, 6.07) is 16.9. The lowest BCUT2D eigenvalue weighted by atomic mass is 10.1. The van der Waals surface area contributed by atoms with Crippen molar-refractivity contribution >= 4 is 5.82 Å². The molecule has 0 radical (unpaired) electrons. The van der Waals surface area contributed by atoms with Gasteiger partial charge in [-0.1, -0.05) is 30.3 Å². The number of hydrogen-bond acceptors (Lipinski definition) is 5. The van der Waals surface area contributed by atoms with E-state index in [4.69, 9.17) is 4.74 Å². The van der Waals surface area contributed by atoms with Gasteiger partial charge in [-0.15, -0.1) is 0 Å². The molecule has 1 N–H and O–H groups in total. The highest BCUT2D eigenvalue weighted by atomic mass is 16.5. The summed E-state index contributed by atoms with van der Waals surface area (Å²) in [5.74, 6) is 0.686. The maximum absolute atomic E-state index is 9.20. The van der Waals surface area contributed by atoms with Gasteiger partial charge in [-0.3, -0.25) is 4.90 Å². The van der Waals surface area contributed by atoms with Gasteiger partial charge in [0.15, 0.2) is 0 Å². The fourth-order valence-electron chi connectivity index (χ4n) is 3.65. The van der Waals surface area contributed by atoms with Crippen molar-refractivity contribution in [1.29, 1.82) is 5.26 Å². The van der Waals surface area contributed by atoms with Crippen LogP contribution in [-0.2, 0) is 4.74 Å². The van der Waals surface area contributed by atoms with Crippen molar-refractivity contribution in [2.75, 3.05) is 25.0 Å². The number of aromatic nitrogens is 1. The molecule has 0 saturated carbocycles. The Kier molecular flexibility index (Phi) is 4.16. The molecule has 5 heteroatoms. The Labute approximate surface area is 141 Å². The van der Waals surface area contributed by atoms with Crippen LogP contribution >= 0.6 is 0 Å². The summed E-state index contributed by atoms with van der Waals surface area (Å²) in [4.78, 5) is 6.80. The standard InChI is InChI=1S/C19H20N4O/c20-10-15-7-4-8-21-19(15)22-16-9-17-13-24-18(12-23(17)11-16)14-5-2-1-3-6-14/h1-8,16-18H,9,11-13H2,(H,21,22)/t16-,17-,18+/m0/s1. The molecule has 1 aromatic carbocycles. The number of hydrogen-bond donors (Lipinski definition) is 1. The average molecular weight is 320 g/mol. The summed E-state index contributed by atoms with van der Waals surface area (Å²) in [5.41, 5.74) is 1.84. The normalized spacial score (nSPS) is 26.5. The lowest BCUT2D eigenvalue weighted by Gasteiger charge is -2.35. The first-order valence-electron chi connectivity index (χ1n) is 8.36. The SMILES string of the molecule is N#Cc1cccnc1N[C@H]1C[C@H]2CO[C@@H](c3ccccc3)CN2C1. The van der Waals surface area contributed by atoms with Crippen molar-refractivity contribution in [3.63, 3.8) is 0 Å². The lowest BCUT2D eigenvalue weighted by molar-refractivity contribution is -0.0501. The number of morpholine rings is 1. The monoisotopic (exact) mass is 320 g/mol. The molecule has 4 rings (SSSR count). The van der Waals surface area contributed by atoms with Gasteiger partial charge in [-0.25, -0.2) is 4.98 Å². The van der Waals surface area contributed by atoms with Crippen molar-refractivity contribution in [1.82, 2.24) is 9.88 Å². The molecule has 5 nitrogen and oxygen atoms in total. The Morgan fingerprint density at radius 1 is 1.17 bits per heavy atom. The van der Waals surface area contributed by atoms with E-state index in [-0.39, 0.29) is 6.10 Å². The Bertz CT molecular complexity index is 743. The van der Waals surface area contributed by atoms with E-state index >= 15 is 0 Å². The highest BCUT2D eigenvalue weighted by Gasteiger charge is 2.37. The molecular weight excluding hydrogens is 300 g/mol. The van der Waals surface area contributed by atoms with E-state index in [0.29, 0.717) is 23.5 Å². The third-order valence-electron chi connectivity index (χ3n) is 4.86. The van der Waals surface area contributed by atoms with Crippen molar-refractivity contribution in [3.8, 4) is 6.07 Å². The zero-order valence-corrected chi connectivity index (χ0v) is 13.4. The number of anilines is 1. The van der Waals surface area contributed by atoms with E-state index in [2.05, 4.69) is 45.5 Å². The van der Waals surface area contributed by atoms with Crippen LogP contribution in [0, 0.1) is 11.3 Å². The summed E-state index contributed by atoms with van der Waals surface area (Å²) < 4.78 is 6.08. The van der Waals surface area contributed by atoms with E-state index in [1.807, 2.05) is 6.07 Å². The van der Waals surface area contributed by atoms with Crippen molar-refractivity contribution in [2.24, 2.45) is 0 Å². The number of nitriles is 1. The molecule has 2 aliphatic heterocycles. The van der Waals surface area contributed by atoms with Gasteiger partial charge in [0, 0.05) is 31.4 Å². The minimum atomic E-state index is 0.144. The van der Waals surface area contributed by atoms with Crippen LogP contribution in [0.25, 0.3) is 0 Å². The third kappa shape index (κ3) is 2.99. The molecule has 0 unspecified atom stereocenters. The molecule has 2 aromatic rings. The van der Waals surface area contributed by atoms with E-state index in [1.165, 1.54) is 5.56 Å². The molecule has 3 atom stereocenters. The molecule has 0 bridgehead atoms. The minimum absolute atomic E-state index is 0.144. The van der Waals surface area contributed by atoms with Crippen LogP contribution in [0.4, 0.5) is 5.82 Å². The number of nitrogens with zero attached hydrogens (tertiary/aromatic N) is 3. The average Bonchev–Trinajstić information content (AvgIpc) is 3.04. The molecule has 2 saturated heterocycles. The van der Waals surface area contributed by atoms with Crippen molar-refractivity contribution in [3.05, 3.63) is 59.8 Å². The minimum Gasteiger partial charge on any atom is -0.371 e. The Hall–Kier alpha value is -2.42. The highest BCUT2D eigenvalue weighted by Crippen LogP contribution is 2.31. The van der Waals surface area contributed by atoms with Crippen LogP contribution in [-0.4, -0.2) is 41.7 Å². The predicted molar refractivity (Wildman–Crippen MR) is 91.5 cm³/mol. The summed E-state index contributed by atoms with van der Waals surface area (Å²) in [7, 11) is 0. The van der Waals surface area contributed by atoms with Crippen LogP contribution < -0.4 is 5.32 Å². The first kappa shape index (κ1) is 15.1. The summed E-state index contributed by atoms with van der Waals surface area (Å²) in [6.07, 6.45) is 2.88. The topological polar surface area (TPSA) is 61.2 Å². The second kappa shape index (κ2) is 6.60. The highest BCUT2D eigenvalue weighted by molar-refractivity contribution is 5.52. The van der Waals surface area contributed by atoms with Crippen LogP contribution in [0.5, 0.6) is 0 Å². The van der Waals surface area contributed by atoms with Gasteiger partial charge in [0.05, 0.1) is 18.3 Å². The van der Waals surface area contributed by atoms with E-state index in [1.54, 1.807) is 18.3 Å². The zero-order valence-electron chi connectivity index (χ0n) is 13.4. The molecule has 0 aliphatic carbocycles. The fraction of sp³-hybridized carbons (Fsp3) is 0.368. The van der Waals surface area contributed by atoms with Crippen molar-refractivity contribution < 1.29 is 4.74 Å². The molecular formula is C19H20N4O. The summed E-state index contributed by atoms with van der Waals surface area (Å²) in [6.45, 7) is 2.63. The van der Waals surface area contributed by atoms with Gasteiger partial charge in [-0.2, -0.15) is 5.26 Å². The van der Waals surface area contributed by atoms with Gasteiger partial charge in [0.25, 0.3) is 0 Å². The number of ether oxygens (including phenoxy) is 1. The predicted octanol–water partition coefficient (Wildman–Crippen LogP) is 2.58. The van der Waals surface area contributed by atoms with Crippen LogP contribution in [0.3, 0.4) is 0 Å². The zero-order chi connectivity index (χ0) is 16.4. The maximum Gasteiger partial charge on any atom is 0.144 e. The van der Waals surface area contributed by atoms with Gasteiger partial charge in [-0.05, 0) is 24.1 Å². The van der Waals surface area contributed by atoms with Crippen molar-refractivity contribution in [2.45, 2.75) is 24.6 Å². The molecule has 2 fully saturated rings. The number of fused-ring (bicyclic) bond motifs is 1. The van der Waals surface area contributed by atoms with Gasteiger partial charge in [0.2, 0.25) is 0 Å². The lowest BCUT2D eigenvalue weighted by Crippen LogP contribution is -2.42. The molecule has 2 aliphatic rings. The van der Waals surface area contributed by atoms with E-state index < -0.39 is 0 Å². The van der Waals surface area contributed by atoms with Gasteiger partial charge >= 0.3 is 0 Å². The number of rotatable bonds is 3. The summed E-state index contributed by atoms with van der Waals surface area (Å²) in [5, 5.41) is 12.6. The number of pyridine rings is 1.